The SMILES string of the molecule is CCn1nccc1N1CCC[C@H](NS(=O)(=O)N2C[C@H](C)OC[C@@H]2C)C1=O. The molecule has 2 fully saturated rings. The summed E-state index contributed by atoms with van der Waals surface area (Å²) in [6, 6.07) is 0.753. The Balaban J connectivity index is 1.75. The molecule has 0 spiro atoms. The second-order valence-electron chi connectivity index (χ2n) is 6.88. The number of hydrogen-bond acceptors (Lipinski definition) is 5. The van der Waals surface area contributed by atoms with Gasteiger partial charge in [-0.05, 0) is 33.6 Å². The molecule has 0 aliphatic carbocycles. The summed E-state index contributed by atoms with van der Waals surface area (Å²) < 4.78 is 36.9. The summed E-state index contributed by atoms with van der Waals surface area (Å²) in [5.41, 5.74) is 0. The molecule has 2 aliphatic rings. The third-order valence-electron chi connectivity index (χ3n) is 4.86. The number of anilines is 1. The molecule has 2 aliphatic heterocycles. The third-order valence-corrected chi connectivity index (χ3v) is 6.57. The first-order valence-electron chi connectivity index (χ1n) is 9.07. The van der Waals surface area contributed by atoms with Crippen molar-refractivity contribution in [3.05, 3.63) is 12.3 Å². The summed E-state index contributed by atoms with van der Waals surface area (Å²) in [5.74, 6) is 0.471. The molecule has 10 heteroatoms. The number of rotatable bonds is 5. The van der Waals surface area contributed by atoms with Crippen molar-refractivity contribution in [3.63, 3.8) is 0 Å². The fourth-order valence-corrected chi connectivity index (χ4v) is 5.12. The molecule has 0 saturated carbocycles. The van der Waals surface area contributed by atoms with E-state index in [2.05, 4.69) is 9.82 Å². The summed E-state index contributed by atoms with van der Waals surface area (Å²) in [7, 11) is -3.77. The summed E-state index contributed by atoms with van der Waals surface area (Å²) in [6.07, 6.45) is 2.70. The van der Waals surface area contributed by atoms with Crippen molar-refractivity contribution in [2.24, 2.45) is 0 Å². The van der Waals surface area contributed by atoms with Crippen molar-refractivity contribution in [3.8, 4) is 0 Å². The zero-order valence-corrected chi connectivity index (χ0v) is 16.3. The van der Waals surface area contributed by atoms with Gasteiger partial charge in [0, 0.05) is 31.7 Å². The highest BCUT2D eigenvalue weighted by molar-refractivity contribution is 7.87. The largest absolute Gasteiger partial charge is 0.375 e. The number of carbonyl (C=O) groups is 1. The minimum absolute atomic E-state index is 0.166. The number of piperidine rings is 1. The topological polar surface area (TPSA) is 96.8 Å². The van der Waals surface area contributed by atoms with Gasteiger partial charge in [-0.2, -0.15) is 22.5 Å². The first kappa shape index (κ1) is 19.3. The quantitative estimate of drug-likeness (QED) is 0.788. The average Bonchev–Trinajstić information content (AvgIpc) is 3.07. The number of aryl methyl sites for hydroxylation is 1. The van der Waals surface area contributed by atoms with Crippen molar-refractivity contribution in [1.29, 1.82) is 0 Å². The molecule has 26 heavy (non-hydrogen) atoms. The van der Waals surface area contributed by atoms with Crippen molar-refractivity contribution >= 4 is 21.9 Å². The van der Waals surface area contributed by atoms with E-state index >= 15 is 0 Å². The van der Waals surface area contributed by atoms with Gasteiger partial charge in [0.05, 0.1) is 18.9 Å². The van der Waals surface area contributed by atoms with Crippen LogP contribution >= 0.6 is 0 Å². The Morgan fingerprint density at radius 3 is 2.88 bits per heavy atom. The van der Waals surface area contributed by atoms with Crippen LogP contribution in [0.25, 0.3) is 0 Å². The average molecular weight is 385 g/mol. The molecule has 0 bridgehead atoms. The van der Waals surface area contributed by atoms with Gasteiger partial charge in [0.25, 0.3) is 10.2 Å². The van der Waals surface area contributed by atoms with Gasteiger partial charge in [0.2, 0.25) is 5.91 Å². The summed E-state index contributed by atoms with van der Waals surface area (Å²) in [6.45, 7) is 7.44. The van der Waals surface area contributed by atoms with Crippen molar-refractivity contribution in [2.75, 3.05) is 24.6 Å². The number of morpholine rings is 1. The number of ether oxygens (including phenoxy) is 1. The maximum absolute atomic E-state index is 12.9. The highest BCUT2D eigenvalue weighted by atomic mass is 32.2. The molecule has 1 aromatic rings. The molecule has 1 N–H and O–H groups in total. The van der Waals surface area contributed by atoms with Crippen molar-refractivity contribution in [2.45, 2.75) is 58.3 Å². The minimum Gasteiger partial charge on any atom is -0.375 e. The van der Waals surface area contributed by atoms with E-state index in [1.807, 2.05) is 13.8 Å². The number of amides is 1. The van der Waals surface area contributed by atoms with Gasteiger partial charge < -0.3 is 4.74 Å². The summed E-state index contributed by atoms with van der Waals surface area (Å²) in [5, 5.41) is 4.20. The van der Waals surface area contributed by atoms with E-state index in [0.29, 0.717) is 31.9 Å². The van der Waals surface area contributed by atoms with E-state index < -0.39 is 16.3 Å². The van der Waals surface area contributed by atoms with Crippen LogP contribution in [0, 0.1) is 0 Å². The number of hydrogen-bond donors (Lipinski definition) is 1. The monoisotopic (exact) mass is 385 g/mol. The van der Waals surface area contributed by atoms with E-state index in [1.54, 1.807) is 28.8 Å². The lowest BCUT2D eigenvalue weighted by molar-refractivity contribution is -0.121. The van der Waals surface area contributed by atoms with Crippen LogP contribution in [0.1, 0.15) is 33.6 Å². The van der Waals surface area contributed by atoms with Crippen LogP contribution in [0.3, 0.4) is 0 Å². The third kappa shape index (κ3) is 3.78. The number of nitrogens with zero attached hydrogens (tertiary/aromatic N) is 4. The first-order chi connectivity index (χ1) is 12.3. The molecule has 0 radical (unpaired) electrons. The Hall–Kier alpha value is -1.49. The van der Waals surface area contributed by atoms with E-state index in [9.17, 15) is 13.2 Å². The lowest BCUT2D eigenvalue weighted by Gasteiger charge is -2.38. The molecule has 3 atom stereocenters. The standard InChI is InChI=1S/C16H27N5O4S/c1-4-20-15(7-8-17-20)19-9-5-6-14(16(19)22)18-26(23,24)21-10-13(3)25-11-12(21)2/h7-8,12-14,18H,4-6,9-11H2,1-3H3/t12-,13-,14-/m0/s1. The predicted octanol–water partition coefficient (Wildman–Crippen LogP) is 0.342. The number of nitrogens with one attached hydrogen (secondary N) is 1. The Morgan fingerprint density at radius 1 is 1.38 bits per heavy atom. The highest BCUT2D eigenvalue weighted by Gasteiger charge is 2.38. The fraction of sp³-hybridized carbons (Fsp3) is 0.750. The summed E-state index contributed by atoms with van der Waals surface area (Å²) >= 11 is 0. The minimum atomic E-state index is -3.77. The van der Waals surface area contributed by atoms with E-state index in [1.165, 1.54) is 4.31 Å². The van der Waals surface area contributed by atoms with Crippen LogP contribution in [-0.4, -0.2) is 66.3 Å². The molecule has 3 rings (SSSR count). The molecule has 0 unspecified atom stereocenters. The van der Waals surface area contributed by atoms with Crippen LogP contribution in [0.15, 0.2) is 12.3 Å². The van der Waals surface area contributed by atoms with Crippen molar-refractivity contribution < 1.29 is 17.9 Å². The fourth-order valence-electron chi connectivity index (χ4n) is 3.47. The maximum atomic E-state index is 12.9. The molecule has 146 valence electrons. The molecule has 1 aromatic heterocycles. The van der Waals surface area contributed by atoms with Gasteiger partial charge in [0.1, 0.15) is 11.9 Å². The first-order valence-corrected chi connectivity index (χ1v) is 10.5. The normalized spacial score (nSPS) is 28.5. The Morgan fingerprint density at radius 2 is 2.15 bits per heavy atom. The molecule has 1 amide bonds. The second-order valence-corrected chi connectivity index (χ2v) is 8.53. The van der Waals surface area contributed by atoms with Gasteiger partial charge in [-0.15, -0.1) is 0 Å². The predicted molar refractivity (Wildman–Crippen MR) is 96.9 cm³/mol. The van der Waals surface area contributed by atoms with Gasteiger partial charge in [-0.3, -0.25) is 9.69 Å². The second kappa shape index (κ2) is 7.63. The van der Waals surface area contributed by atoms with Crippen LogP contribution in [-0.2, 0) is 26.3 Å². The van der Waals surface area contributed by atoms with Crippen molar-refractivity contribution in [1.82, 2.24) is 18.8 Å². The van der Waals surface area contributed by atoms with Crippen LogP contribution in [0.4, 0.5) is 5.82 Å². The maximum Gasteiger partial charge on any atom is 0.280 e. The van der Waals surface area contributed by atoms with E-state index in [-0.39, 0.29) is 24.6 Å². The van der Waals surface area contributed by atoms with E-state index in [0.717, 1.165) is 6.42 Å². The Bertz CT molecular complexity index is 750. The van der Waals surface area contributed by atoms with Crippen LogP contribution in [0.2, 0.25) is 0 Å². The number of carbonyl (C=O) groups excluding carboxylic acids is 1. The van der Waals surface area contributed by atoms with Gasteiger partial charge in [-0.1, -0.05) is 0 Å². The molecule has 2 saturated heterocycles. The Labute approximate surface area is 154 Å². The summed E-state index contributed by atoms with van der Waals surface area (Å²) in [4.78, 5) is 14.5. The zero-order chi connectivity index (χ0) is 18.9. The molecule has 9 nitrogen and oxygen atoms in total. The van der Waals surface area contributed by atoms with Gasteiger partial charge in [-0.25, -0.2) is 4.68 Å². The van der Waals surface area contributed by atoms with Crippen LogP contribution in [0.5, 0.6) is 0 Å². The van der Waals surface area contributed by atoms with Gasteiger partial charge >= 0.3 is 0 Å². The zero-order valence-electron chi connectivity index (χ0n) is 15.5. The number of aromatic nitrogens is 2. The lowest BCUT2D eigenvalue weighted by atomic mass is 10.1. The molecular weight excluding hydrogens is 358 g/mol. The highest BCUT2D eigenvalue weighted by Crippen LogP contribution is 2.22. The Kier molecular flexibility index (Phi) is 5.66. The van der Waals surface area contributed by atoms with Gasteiger partial charge in [0.15, 0.2) is 0 Å². The molecule has 3 heterocycles. The molecule has 0 aromatic carbocycles. The lowest BCUT2D eigenvalue weighted by Crippen LogP contribution is -2.59. The van der Waals surface area contributed by atoms with E-state index in [4.69, 9.17) is 4.74 Å². The van der Waals surface area contributed by atoms with Crippen LogP contribution < -0.4 is 9.62 Å². The smallest absolute Gasteiger partial charge is 0.280 e. The molecular formula is C16H27N5O4S.